The molecular formula is C16H20N2O2. The van der Waals surface area contributed by atoms with Gasteiger partial charge in [-0.1, -0.05) is 6.07 Å². The zero-order valence-corrected chi connectivity index (χ0v) is 12.2. The number of benzene rings is 1. The molecule has 0 aliphatic rings. The summed E-state index contributed by atoms with van der Waals surface area (Å²) in [5.41, 5.74) is 2.81. The van der Waals surface area contributed by atoms with Crippen molar-refractivity contribution < 1.29 is 9.53 Å². The van der Waals surface area contributed by atoms with Gasteiger partial charge in [0.25, 0.3) is 0 Å². The average molecular weight is 272 g/mol. The number of rotatable bonds is 5. The summed E-state index contributed by atoms with van der Waals surface area (Å²) in [5.74, 6) is -0.313. The molecule has 0 N–H and O–H groups in total. The van der Waals surface area contributed by atoms with Gasteiger partial charge in [-0.2, -0.15) is 0 Å². The lowest BCUT2D eigenvalue weighted by atomic mass is 10.2. The molecule has 0 unspecified atom stereocenters. The van der Waals surface area contributed by atoms with Gasteiger partial charge in [-0.05, 0) is 50.3 Å². The second kappa shape index (κ2) is 6.39. The Bertz CT molecular complexity index is 588. The van der Waals surface area contributed by atoms with Crippen molar-refractivity contribution in [1.29, 1.82) is 0 Å². The number of hydrogen-bond acceptors (Lipinski definition) is 3. The third kappa shape index (κ3) is 3.48. The number of esters is 1. The maximum atomic E-state index is 11.5. The van der Waals surface area contributed by atoms with Crippen LogP contribution in [0.2, 0.25) is 0 Å². The molecule has 0 saturated carbocycles. The Morgan fingerprint density at radius 3 is 2.80 bits per heavy atom. The number of ether oxygens (including phenoxy) is 1. The Kier molecular flexibility index (Phi) is 4.58. The van der Waals surface area contributed by atoms with E-state index < -0.39 is 0 Å². The summed E-state index contributed by atoms with van der Waals surface area (Å²) in [6, 6.07) is 9.53. The van der Waals surface area contributed by atoms with Crippen molar-refractivity contribution in [1.82, 2.24) is 9.47 Å². The summed E-state index contributed by atoms with van der Waals surface area (Å²) in [4.78, 5) is 13.7. The van der Waals surface area contributed by atoms with Gasteiger partial charge in [0.2, 0.25) is 0 Å². The highest BCUT2D eigenvalue weighted by Crippen LogP contribution is 2.14. The van der Waals surface area contributed by atoms with Crippen LogP contribution in [-0.4, -0.2) is 43.2 Å². The van der Waals surface area contributed by atoms with E-state index >= 15 is 0 Å². The predicted octanol–water partition coefficient (Wildman–Crippen LogP) is 2.37. The largest absolute Gasteiger partial charge is 0.465 e. The molecule has 0 saturated heterocycles. The van der Waals surface area contributed by atoms with Crippen LogP contribution in [0.15, 0.2) is 42.7 Å². The fourth-order valence-electron chi connectivity index (χ4n) is 2.01. The van der Waals surface area contributed by atoms with E-state index in [0.717, 1.165) is 18.7 Å². The number of methoxy groups -OCH3 is 1. The molecule has 0 bridgehead atoms. The fraction of sp³-hybridized carbons (Fsp3) is 0.312. The maximum absolute atomic E-state index is 11.5. The van der Waals surface area contributed by atoms with Crippen LogP contribution in [0.3, 0.4) is 0 Å². The van der Waals surface area contributed by atoms with E-state index in [1.807, 2.05) is 29.0 Å². The van der Waals surface area contributed by atoms with E-state index in [1.165, 1.54) is 12.7 Å². The molecule has 2 aromatic rings. The second-order valence-corrected chi connectivity index (χ2v) is 5.02. The van der Waals surface area contributed by atoms with Crippen molar-refractivity contribution in [2.45, 2.75) is 6.42 Å². The molecular weight excluding hydrogens is 252 g/mol. The van der Waals surface area contributed by atoms with E-state index in [4.69, 9.17) is 4.74 Å². The van der Waals surface area contributed by atoms with Crippen molar-refractivity contribution in [3.05, 3.63) is 53.9 Å². The van der Waals surface area contributed by atoms with Crippen molar-refractivity contribution in [3.63, 3.8) is 0 Å². The summed E-state index contributed by atoms with van der Waals surface area (Å²) >= 11 is 0. The van der Waals surface area contributed by atoms with E-state index in [-0.39, 0.29) is 5.97 Å². The minimum Gasteiger partial charge on any atom is -0.465 e. The first-order valence-electron chi connectivity index (χ1n) is 6.60. The molecule has 0 radical (unpaired) electrons. The number of likely N-dealkylation sites (N-methyl/N-ethyl adjacent to an activating group) is 1. The Hall–Kier alpha value is -2.07. The van der Waals surface area contributed by atoms with Crippen LogP contribution in [0.1, 0.15) is 15.9 Å². The van der Waals surface area contributed by atoms with E-state index in [9.17, 15) is 4.79 Å². The van der Waals surface area contributed by atoms with Gasteiger partial charge in [0.05, 0.1) is 12.7 Å². The van der Waals surface area contributed by atoms with Crippen LogP contribution in [0, 0.1) is 0 Å². The molecule has 1 aromatic carbocycles. The van der Waals surface area contributed by atoms with E-state index in [1.54, 1.807) is 6.07 Å². The molecule has 4 heteroatoms. The maximum Gasteiger partial charge on any atom is 0.337 e. The first-order chi connectivity index (χ1) is 9.60. The van der Waals surface area contributed by atoms with E-state index in [0.29, 0.717) is 5.56 Å². The van der Waals surface area contributed by atoms with Crippen molar-refractivity contribution in [2.75, 3.05) is 27.7 Å². The van der Waals surface area contributed by atoms with Crippen molar-refractivity contribution in [2.24, 2.45) is 0 Å². The van der Waals surface area contributed by atoms with Gasteiger partial charge in [0, 0.05) is 24.6 Å². The van der Waals surface area contributed by atoms with Crippen molar-refractivity contribution in [3.8, 4) is 5.69 Å². The molecule has 0 fully saturated rings. The second-order valence-electron chi connectivity index (χ2n) is 5.02. The number of nitrogens with zero attached hydrogens (tertiary/aromatic N) is 2. The van der Waals surface area contributed by atoms with Gasteiger partial charge >= 0.3 is 5.97 Å². The average Bonchev–Trinajstić information content (AvgIpc) is 2.93. The van der Waals surface area contributed by atoms with Crippen LogP contribution >= 0.6 is 0 Å². The van der Waals surface area contributed by atoms with E-state index in [2.05, 4.69) is 31.3 Å². The number of carbonyl (C=O) groups excluding carboxylic acids is 1. The minimum absolute atomic E-state index is 0.313. The highest BCUT2D eigenvalue weighted by molar-refractivity contribution is 5.89. The molecule has 2 rings (SSSR count). The highest BCUT2D eigenvalue weighted by atomic mass is 16.5. The van der Waals surface area contributed by atoms with Crippen LogP contribution in [-0.2, 0) is 11.2 Å². The minimum atomic E-state index is -0.313. The molecule has 0 aliphatic carbocycles. The molecule has 106 valence electrons. The third-order valence-corrected chi connectivity index (χ3v) is 3.17. The van der Waals surface area contributed by atoms with Gasteiger partial charge in [-0.3, -0.25) is 0 Å². The predicted molar refractivity (Wildman–Crippen MR) is 79.4 cm³/mol. The summed E-state index contributed by atoms with van der Waals surface area (Å²) in [7, 11) is 5.53. The number of carbonyl (C=O) groups is 1. The van der Waals surface area contributed by atoms with Crippen LogP contribution in [0.25, 0.3) is 5.69 Å². The van der Waals surface area contributed by atoms with Gasteiger partial charge in [0.15, 0.2) is 0 Å². The van der Waals surface area contributed by atoms with Gasteiger partial charge in [-0.25, -0.2) is 4.79 Å². The lowest BCUT2D eigenvalue weighted by Crippen LogP contribution is -2.14. The first-order valence-corrected chi connectivity index (χ1v) is 6.60. The lowest BCUT2D eigenvalue weighted by Gasteiger charge is -2.08. The molecule has 0 spiro atoms. The molecule has 1 heterocycles. The molecule has 1 aromatic heterocycles. The summed E-state index contributed by atoms with van der Waals surface area (Å²) in [6.07, 6.45) is 5.12. The Morgan fingerprint density at radius 1 is 1.30 bits per heavy atom. The standard InChI is InChI=1S/C16H20N2O2/c1-17(2)9-7-13-8-10-18(12-13)15-6-4-5-14(11-15)16(19)20-3/h4-6,8,10-12H,7,9H2,1-3H3. The highest BCUT2D eigenvalue weighted by Gasteiger charge is 2.07. The number of hydrogen-bond donors (Lipinski definition) is 0. The van der Waals surface area contributed by atoms with Crippen LogP contribution < -0.4 is 0 Å². The van der Waals surface area contributed by atoms with Gasteiger partial charge < -0.3 is 14.2 Å². The quantitative estimate of drug-likeness (QED) is 0.784. The third-order valence-electron chi connectivity index (χ3n) is 3.17. The lowest BCUT2D eigenvalue weighted by molar-refractivity contribution is 0.0600. The molecule has 20 heavy (non-hydrogen) atoms. The van der Waals surface area contributed by atoms with Gasteiger partial charge in [-0.15, -0.1) is 0 Å². The monoisotopic (exact) mass is 272 g/mol. The zero-order chi connectivity index (χ0) is 14.5. The molecule has 0 aliphatic heterocycles. The number of aromatic nitrogens is 1. The molecule has 0 atom stereocenters. The van der Waals surface area contributed by atoms with Crippen LogP contribution in [0.4, 0.5) is 0 Å². The normalized spacial score (nSPS) is 10.8. The summed E-state index contributed by atoms with van der Waals surface area (Å²) < 4.78 is 6.77. The molecule has 4 nitrogen and oxygen atoms in total. The Labute approximate surface area is 119 Å². The van der Waals surface area contributed by atoms with Crippen molar-refractivity contribution >= 4 is 5.97 Å². The SMILES string of the molecule is COC(=O)c1cccc(-n2ccc(CCN(C)C)c2)c1. The Morgan fingerprint density at radius 2 is 2.10 bits per heavy atom. The smallest absolute Gasteiger partial charge is 0.337 e. The fourth-order valence-corrected chi connectivity index (χ4v) is 2.01. The molecule has 0 amide bonds. The summed E-state index contributed by atoms with van der Waals surface area (Å²) in [5, 5.41) is 0. The Balaban J connectivity index is 2.17. The summed E-state index contributed by atoms with van der Waals surface area (Å²) in [6.45, 7) is 1.02. The topological polar surface area (TPSA) is 34.5 Å². The zero-order valence-electron chi connectivity index (χ0n) is 12.2. The first kappa shape index (κ1) is 14.3. The van der Waals surface area contributed by atoms with Crippen LogP contribution in [0.5, 0.6) is 0 Å². The van der Waals surface area contributed by atoms with Gasteiger partial charge in [0.1, 0.15) is 0 Å².